The number of rotatable bonds is 1. The van der Waals surface area contributed by atoms with Crippen LogP contribution in [-0.2, 0) is 0 Å². The van der Waals surface area contributed by atoms with Crippen molar-refractivity contribution >= 4 is 21.6 Å². The van der Waals surface area contributed by atoms with E-state index >= 15 is 0 Å². The molecule has 76 valence electrons. The predicted molar refractivity (Wildman–Crippen MR) is 62.9 cm³/mol. The highest BCUT2D eigenvalue weighted by atomic mass is 79.9. The summed E-state index contributed by atoms with van der Waals surface area (Å²) < 4.78 is 0. The minimum Gasteiger partial charge on any atom is -0.370 e. The van der Waals surface area contributed by atoms with Gasteiger partial charge >= 0.3 is 0 Å². The Hall–Kier alpha value is -0.570. The van der Waals surface area contributed by atoms with Gasteiger partial charge in [0.2, 0.25) is 0 Å². The van der Waals surface area contributed by atoms with Crippen LogP contribution in [0.25, 0.3) is 0 Å². The quantitative estimate of drug-likeness (QED) is 0.717. The van der Waals surface area contributed by atoms with Gasteiger partial charge in [-0.05, 0) is 24.5 Å². The van der Waals surface area contributed by atoms with Crippen LogP contribution in [0.15, 0.2) is 24.5 Å². The summed E-state index contributed by atoms with van der Waals surface area (Å²) >= 11 is 3.71. The Kier molecular flexibility index (Phi) is 3.06. The lowest BCUT2D eigenvalue weighted by Gasteiger charge is -2.35. The Balaban J connectivity index is 2.11. The van der Waals surface area contributed by atoms with Crippen LogP contribution in [0.4, 0.5) is 5.69 Å². The van der Waals surface area contributed by atoms with E-state index < -0.39 is 0 Å². The number of piperidine rings is 1. The number of hydrogen-bond acceptors (Lipinski definition) is 2. The second-order valence-corrected chi connectivity index (χ2v) is 5.34. The van der Waals surface area contributed by atoms with Crippen LogP contribution in [0.2, 0.25) is 0 Å². The first-order valence-corrected chi connectivity index (χ1v) is 5.96. The molecule has 0 bridgehead atoms. The summed E-state index contributed by atoms with van der Waals surface area (Å²) in [5.41, 5.74) is 1.29. The topological polar surface area (TPSA) is 16.1 Å². The Morgan fingerprint density at radius 2 is 2.07 bits per heavy atom. The van der Waals surface area contributed by atoms with Crippen molar-refractivity contribution in [2.24, 2.45) is 5.92 Å². The zero-order chi connectivity index (χ0) is 9.97. The summed E-state index contributed by atoms with van der Waals surface area (Å²) in [6.07, 6.45) is 5.00. The monoisotopic (exact) mass is 254 g/mol. The van der Waals surface area contributed by atoms with Gasteiger partial charge in [0, 0.05) is 36.0 Å². The number of aromatic nitrogens is 1. The number of hydrogen-bond donors (Lipinski definition) is 0. The Morgan fingerprint density at radius 1 is 1.36 bits per heavy atom. The number of alkyl halides is 1. The average molecular weight is 255 g/mol. The van der Waals surface area contributed by atoms with Gasteiger partial charge in [-0.15, -0.1) is 0 Å². The molecule has 0 aliphatic carbocycles. The molecule has 0 aromatic carbocycles. The molecule has 2 rings (SSSR count). The SMILES string of the molecule is CC1CC(Br)CN(c2ccncc2)C1. The average Bonchev–Trinajstić information content (AvgIpc) is 2.18. The molecule has 2 heterocycles. The van der Waals surface area contributed by atoms with Crippen molar-refractivity contribution in [3.63, 3.8) is 0 Å². The van der Waals surface area contributed by atoms with Crippen molar-refractivity contribution < 1.29 is 0 Å². The van der Waals surface area contributed by atoms with E-state index in [0.717, 1.165) is 19.0 Å². The molecule has 1 aliphatic heterocycles. The highest BCUT2D eigenvalue weighted by molar-refractivity contribution is 9.09. The molecule has 3 heteroatoms. The third kappa shape index (κ3) is 2.27. The van der Waals surface area contributed by atoms with E-state index in [-0.39, 0.29) is 0 Å². The van der Waals surface area contributed by atoms with Gasteiger partial charge in [0.25, 0.3) is 0 Å². The van der Waals surface area contributed by atoms with Crippen LogP contribution in [0.5, 0.6) is 0 Å². The minimum atomic E-state index is 0.624. The minimum absolute atomic E-state index is 0.624. The summed E-state index contributed by atoms with van der Waals surface area (Å²) in [5, 5.41) is 0. The molecular formula is C11H15BrN2. The summed E-state index contributed by atoms with van der Waals surface area (Å²) in [5.74, 6) is 0.765. The highest BCUT2D eigenvalue weighted by Crippen LogP contribution is 2.25. The summed E-state index contributed by atoms with van der Waals surface area (Å²) in [4.78, 5) is 7.09. The zero-order valence-corrected chi connectivity index (χ0v) is 9.94. The smallest absolute Gasteiger partial charge is 0.0397 e. The van der Waals surface area contributed by atoms with Crippen molar-refractivity contribution in [3.05, 3.63) is 24.5 Å². The number of pyridine rings is 1. The van der Waals surface area contributed by atoms with Gasteiger partial charge in [-0.25, -0.2) is 0 Å². The van der Waals surface area contributed by atoms with Crippen LogP contribution < -0.4 is 4.90 Å². The maximum atomic E-state index is 4.04. The zero-order valence-electron chi connectivity index (χ0n) is 8.36. The van der Waals surface area contributed by atoms with Crippen molar-refractivity contribution in [2.45, 2.75) is 18.2 Å². The summed E-state index contributed by atoms with van der Waals surface area (Å²) in [6.45, 7) is 4.57. The Morgan fingerprint density at radius 3 is 2.71 bits per heavy atom. The van der Waals surface area contributed by atoms with Crippen LogP contribution in [-0.4, -0.2) is 22.9 Å². The molecular weight excluding hydrogens is 240 g/mol. The summed E-state index contributed by atoms with van der Waals surface area (Å²) in [6, 6.07) is 4.16. The molecule has 1 aromatic rings. The third-order valence-corrected chi connectivity index (χ3v) is 3.30. The number of anilines is 1. The van der Waals surface area contributed by atoms with Gasteiger partial charge in [-0.1, -0.05) is 22.9 Å². The van der Waals surface area contributed by atoms with E-state index in [1.54, 1.807) is 0 Å². The summed E-state index contributed by atoms with van der Waals surface area (Å²) in [7, 11) is 0. The molecule has 14 heavy (non-hydrogen) atoms. The lowest BCUT2D eigenvalue weighted by atomic mass is 10.00. The van der Waals surface area contributed by atoms with Crippen LogP contribution in [0.1, 0.15) is 13.3 Å². The van der Waals surface area contributed by atoms with Crippen molar-refractivity contribution in [1.29, 1.82) is 0 Å². The molecule has 1 fully saturated rings. The van der Waals surface area contributed by atoms with Crippen molar-refractivity contribution in [1.82, 2.24) is 4.98 Å². The second-order valence-electron chi connectivity index (χ2n) is 4.05. The van der Waals surface area contributed by atoms with Gasteiger partial charge < -0.3 is 4.90 Å². The molecule has 2 nitrogen and oxygen atoms in total. The molecule has 0 spiro atoms. The first-order chi connectivity index (χ1) is 6.75. The highest BCUT2D eigenvalue weighted by Gasteiger charge is 2.22. The predicted octanol–water partition coefficient (Wildman–Crippen LogP) is 2.69. The normalized spacial score (nSPS) is 27.7. The van der Waals surface area contributed by atoms with Crippen LogP contribution in [0.3, 0.4) is 0 Å². The van der Waals surface area contributed by atoms with E-state index in [2.05, 4.69) is 44.9 Å². The van der Waals surface area contributed by atoms with E-state index in [4.69, 9.17) is 0 Å². The second kappa shape index (κ2) is 4.30. The molecule has 2 atom stereocenters. The van der Waals surface area contributed by atoms with E-state index in [9.17, 15) is 0 Å². The fourth-order valence-electron chi connectivity index (χ4n) is 2.04. The van der Waals surface area contributed by atoms with Crippen molar-refractivity contribution in [3.8, 4) is 0 Å². The molecule has 1 saturated heterocycles. The lowest BCUT2D eigenvalue weighted by Crippen LogP contribution is -2.40. The molecule has 1 aliphatic rings. The molecule has 2 unspecified atom stereocenters. The standard InChI is InChI=1S/C11H15BrN2/c1-9-6-10(12)8-14(7-9)11-2-4-13-5-3-11/h2-5,9-10H,6-8H2,1H3. The Bertz CT molecular complexity index is 279. The number of halogens is 1. The van der Waals surface area contributed by atoms with Gasteiger partial charge in [0.1, 0.15) is 0 Å². The Labute approximate surface area is 93.5 Å². The maximum absolute atomic E-state index is 4.04. The van der Waals surface area contributed by atoms with E-state index in [1.165, 1.54) is 12.1 Å². The molecule has 0 saturated carbocycles. The fraction of sp³-hybridized carbons (Fsp3) is 0.545. The van der Waals surface area contributed by atoms with Gasteiger partial charge in [0.05, 0.1) is 0 Å². The van der Waals surface area contributed by atoms with Gasteiger partial charge in [-0.3, -0.25) is 4.98 Å². The largest absolute Gasteiger partial charge is 0.370 e. The fourth-order valence-corrected chi connectivity index (χ4v) is 3.03. The lowest BCUT2D eigenvalue weighted by molar-refractivity contribution is 0.459. The third-order valence-electron chi connectivity index (χ3n) is 2.64. The molecule has 0 amide bonds. The number of nitrogens with zero attached hydrogens (tertiary/aromatic N) is 2. The molecule has 1 aromatic heterocycles. The maximum Gasteiger partial charge on any atom is 0.0397 e. The first-order valence-electron chi connectivity index (χ1n) is 5.05. The molecule has 0 N–H and O–H groups in total. The van der Waals surface area contributed by atoms with Crippen molar-refractivity contribution in [2.75, 3.05) is 18.0 Å². The van der Waals surface area contributed by atoms with E-state index in [0.29, 0.717) is 4.83 Å². The van der Waals surface area contributed by atoms with E-state index in [1.807, 2.05) is 12.4 Å². The van der Waals surface area contributed by atoms with Crippen LogP contribution >= 0.6 is 15.9 Å². The van der Waals surface area contributed by atoms with Gasteiger partial charge in [0.15, 0.2) is 0 Å². The van der Waals surface area contributed by atoms with Gasteiger partial charge in [-0.2, -0.15) is 0 Å². The molecule has 0 radical (unpaired) electrons. The first kappa shape index (κ1) is 9.97. The van der Waals surface area contributed by atoms with Crippen LogP contribution in [0, 0.1) is 5.92 Å².